The largest absolute Gasteiger partial charge is 0.465 e. The molecular formula is C11H11Cl2N3O2. The highest BCUT2D eigenvalue weighted by Gasteiger charge is 2.10. The second kappa shape index (κ2) is 5.54. The Labute approximate surface area is 113 Å². The normalized spacial score (nSPS) is 14.4. The number of fused-ring (bicyclic) bond motifs is 1. The number of aromatic nitrogens is 2. The lowest BCUT2D eigenvalue weighted by molar-refractivity contribution is -0.143. The van der Waals surface area contributed by atoms with Crippen LogP contribution in [0.3, 0.4) is 0 Å². The predicted molar refractivity (Wildman–Crippen MR) is 67.5 cm³/mol. The summed E-state index contributed by atoms with van der Waals surface area (Å²) in [5.74, 6) is -0.353. The van der Waals surface area contributed by atoms with Gasteiger partial charge >= 0.3 is 5.97 Å². The molecule has 0 radical (unpaired) electrons. The molecule has 0 unspecified atom stereocenters. The highest BCUT2D eigenvalue weighted by atomic mass is 35.5. The molecule has 0 saturated heterocycles. The first-order chi connectivity index (χ1) is 8.61. The van der Waals surface area contributed by atoms with Crippen molar-refractivity contribution in [2.75, 3.05) is 6.61 Å². The number of rotatable bonds is 3. The molecule has 1 aliphatic rings. The van der Waals surface area contributed by atoms with Gasteiger partial charge in [-0.3, -0.25) is 4.79 Å². The van der Waals surface area contributed by atoms with Gasteiger partial charge in [-0.2, -0.15) is 0 Å². The molecule has 0 atom stereocenters. The molecular weight excluding hydrogens is 277 g/mol. The van der Waals surface area contributed by atoms with Gasteiger partial charge in [-0.25, -0.2) is 9.98 Å². The molecule has 0 N–H and O–H groups in total. The molecule has 7 heteroatoms. The van der Waals surface area contributed by atoms with E-state index in [9.17, 15) is 4.79 Å². The van der Waals surface area contributed by atoms with Crippen LogP contribution in [0.25, 0.3) is 5.03 Å². The van der Waals surface area contributed by atoms with Gasteiger partial charge in [0.2, 0.25) is 0 Å². The highest BCUT2D eigenvalue weighted by Crippen LogP contribution is 2.13. The molecule has 0 saturated carbocycles. The fourth-order valence-electron chi connectivity index (χ4n) is 1.56. The molecule has 1 aromatic heterocycles. The first-order valence-electron chi connectivity index (χ1n) is 5.41. The predicted octanol–water partition coefficient (Wildman–Crippen LogP) is 0.897. The summed E-state index contributed by atoms with van der Waals surface area (Å²) in [5.41, 5.74) is 0.479. The van der Waals surface area contributed by atoms with Crippen molar-refractivity contribution in [1.29, 1.82) is 0 Å². The van der Waals surface area contributed by atoms with E-state index in [1.54, 1.807) is 17.6 Å². The van der Waals surface area contributed by atoms with E-state index in [1.165, 1.54) is 6.33 Å². The molecule has 0 aromatic carbocycles. The van der Waals surface area contributed by atoms with Gasteiger partial charge in [0.1, 0.15) is 17.1 Å². The molecule has 2 heterocycles. The molecule has 5 nitrogen and oxygen atoms in total. The number of halogens is 2. The van der Waals surface area contributed by atoms with E-state index in [2.05, 4.69) is 9.98 Å². The first-order valence-corrected chi connectivity index (χ1v) is 6.17. The van der Waals surface area contributed by atoms with Crippen LogP contribution in [0.4, 0.5) is 0 Å². The minimum atomic E-state index is -0.353. The number of nitrogens with zero attached hydrogens (tertiary/aromatic N) is 3. The minimum absolute atomic E-state index is 0.0357. The van der Waals surface area contributed by atoms with Gasteiger partial charge < -0.3 is 9.30 Å². The average Bonchev–Trinajstić information content (AvgIpc) is 2.63. The number of ether oxygens (including phenoxy) is 1. The average molecular weight is 288 g/mol. The van der Waals surface area contributed by atoms with Crippen molar-refractivity contribution in [2.24, 2.45) is 4.99 Å². The molecule has 0 spiro atoms. The molecule has 2 rings (SSSR count). The zero-order chi connectivity index (χ0) is 13.1. The Morgan fingerprint density at radius 1 is 1.56 bits per heavy atom. The Balaban J connectivity index is 2.45. The molecule has 96 valence electrons. The monoisotopic (exact) mass is 287 g/mol. The lowest BCUT2D eigenvalue weighted by atomic mass is 10.4. The molecule has 0 amide bonds. The number of imidazole rings is 1. The fraction of sp³-hybridized carbons (Fsp3) is 0.364. The number of esters is 1. The van der Waals surface area contributed by atoms with Crippen molar-refractivity contribution < 1.29 is 9.53 Å². The zero-order valence-electron chi connectivity index (χ0n) is 9.69. The van der Waals surface area contributed by atoms with Crippen LogP contribution < -0.4 is 10.8 Å². The van der Waals surface area contributed by atoms with Crippen molar-refractivity contribution in [3.63, 3.8) is 0 Å². The number of hydrogen-bond donors (Lipinski definition) is 0. The second-order valence-corrected chi connectivity index (χ2v) is 4.44. The van der Waals surface area contributed by atoms with Gasteiger partial charge in [0.05, 0.1) is 18.0 Å². The Morgan fingerprint density at radius 2 is 2.33 bits per heavy atom. The Morgan fingerprint density at radius 3 is 3.06 bits per heavy atom. The van der Waals surface area contributed by atoms with E-state index < -0.39 is 0 Å². The maximum Gasteiger partial charge on any atom is 0.326 e. The van der Waals surface area contributed by atoms with Crippen molar-refractivity contribution >= 4 is 34.2 Å². The molecule has 1 aromatic rings. The quantitative estimate of drug-likeness (QED) is 0.613. The van der Waals surface area contributed by atoms with Gasteiger partial charge in [0, 0.05) is 6.42 Å². The number of hydrogen-bond acceptors (Lipinski definition) is 4. The maximum absolute atomic E-state index is 11.4. The van der Waals surface area contributed by atoms with Crippen LogP contribution in [0.5, 0.6) is 0 Å². The summed E-state index contributed by atoms with van der Waals surface area (Å²) in [4.78, 5) is 19.8. The molecule has 18 heavy (non-hydrogen) atoms. The third kappa shape index (κ3) is 2.73. The lowest BCUT2D eigenvalue weighted by Gasteiger charge is -2.02. The third-order valence-electron chi connectivity index (χ3n) is 2.33. The summed E-state index contributed by atoms with van der Waals surface area (Å²) >= 11 is 12.0. The van der Waals surface area contributed by atoms with Crippen LogP contribution in [0, 0.1) is 0 Å². The van der Waals surface area contributed by atoms with Gasteiger partial charge in [-0.05, 0) is 13.0 Å². The standard InChI is InChI=1S/C11H11Cl2N3O2/c1-2-18-9(17)5-16-6-14-10-7(12)3-4-8(13)15-11(10)16/h4,6H,2-3,5H2,1H3. The number of carbonyl (C=O) groups is 1. The van der Waals surface area contributed by atoms with Gasteiger partial charge in [-0.1, -0.05) is 23.2 Å². The van der Waals surface area contributed by atoms with Gasteiger partial charge in [0.15, 0.2) is 5.49 Å². The Hall–Kier alpha value is -1.33. The maximum atomic E-state index is 11.4. The molecule has 0 bridgehead atoms. The van der Waals surface area contributed by atoms with E-state index in [4.69, 9.17) is 27.9 Å². The van der Waals surface area contributed by atoms with Crippen molar-refractivity contribution in [2.45, 2.75) is 19.9 Å². The lowest BCUT2D eigenvalue weighted by Crippen LogP contribution is -2.33. The van der Waals surface area contributed by atoms with E-state index in [0.29, 0.717) is 34.1 Å². The molecule has 0 aliphatic carbocycles. The SMILES string of the molecule is CCOC(=O)Cn1cnc2c1=NC(Cl)=CCC=2Cl. The van der Waals surface area contributed by atoms with E-state index in [0.717, 1.165) is 0 Å². The van der Waals surface area contributed by atoms with E-state index >= 15 is 0 Å². The van der Waals surface area contributed by atoms with Gasteiger partial charge in [0.25, 0.3) is 0 Å². The molecule has 0 fully saturated rings. The van der Waals surface area contributed by atoms with Crippen LogP contribution in [0.15, 0.2) is 22.6 Å². The van der Waals surface area contributed by atoms with E-state index in [-0.39, 0.29) is 12.5 Å². The van der Waals surface area contributed by atoms with Gasteiger partial charge in [-0.15, -0.1) is 0 Å². The summed E-state index contributed by atoms with van der Waals surface area (Å²) < 4.78 is 6.44. The first kappa shape index (κ1) is 13.1. The van der Waals surface area contributed by atoms with Crippen LogP contribution in [-0.2, 0) is 16.1 Å². The third-order valence-corrected chi connectivity index (χ3v) is 2.91. The summed E-state index contributed by atoms with van der Waals surface area (Å²) in [6.07, 6.45) is 3.68. The topological polar surface area (TPSA) is 56.5 Å². The highest BCUT2D eigenvalue weighted by molar-refractivity contribution is 6.45. The van der Waals surface area contributed by atoms with E-state index in [1.807, 2.05) is 0 Å². The molecule has 1 aliphatic heterocycles. The summed E-state index contributed by atoms with van der Waals surface area (Å²) in [6.45, 7) is 2.12. The Kier molecular flexibility index (Phi) is 4.04. The summed E-state index contributed by atoms with van der Waals surface area (Å²) in [7, 11) is 0. The number of allylic oxidation sites excluding steroid dienone is 1. The van der Waals surface area contributed by atoms with Crippen LogP contribution in [0.2, 0.25) is 0 Å². The fourth-order valence-corrected chi connectivity index (χ4v) is 1.93. The summed E-state index contributed by atoms with van der Waals surface area (Å²) in [6, 6.07) is 0. The van der Waals surface area contributed by atoms with Crippen LogP contribution >= 0.6 is 23.2 Å². The van der Waals surface area contributed by atoms with Crippen LogP contribution in [0.1, 0.15) is 13.3 Å². The zero-order valence-corrected chi connectivity index (χ0v) is 11.2. The number of carbonyl (C=O) groups excluding carboxylic acids is 1. The van der Waals surface area contributed by atoms with Crippen molar-refractivity contribution in [3.05, 3.63) is 28.4 Å². The minimum Gasteiger partial charge on any atom is -0.465 e. The smallest absolute Gasteiger partial charge is 0.326 e. The van der Waals surface area contributed by atoms with Crippen LogP contribution in [-0.4, -0.2) is 22.1 Å². The van der Waals surface area contributed by atoms with Crippen molar-refractivity contribution in [3.8, 4) is 0 Å². The summed E-state index contributed by atoms with van der Waals surface area (Å²) in [5, 5.41) is 1.43. The second-order valence-electron chi connectivity index (χ2n) is 3.60. The van der Waals surface area contributed by atoms with Crippen molar-refractivity contribution in [1.82, 2.24) is 9.55 Å². The Bertz CT molecular complexity index is 619.